The summed E-state index contributed by atoms with van der Waals surface area (Å²) in [4.78, 5) is 13.7. The number of rotatable bonds is 11. The summed E-state index contributed by atoms with van der Waals surface area (Å²) in [5.41, 5.74) is 7.98. The third kappa shape index (κ3) is 12.6. The van der Waals surface area contributed by atoms with Crippen molar-refractivity contribution in [2.24, 2.45) is 5.11 Å². The second kappa shape index (κ2) is 12.8. The lowest BCUT2D eigenvalue weighted by Crippen LogP contribution is -2.11. The van der Waals surface area contributed by atoms with E-state index < -0.39 is 0 Å². The van der Waals surface area contributed by atoms with E-state index in [1.165, 1.54) is 0 Å². The van der Waals surface area contributed by atoms with E-state index in [0.717, 1.165) is 19.3 Å². The van der Waals surface area contributed by atoms with Gasteiger partial charge in [-0.1, -0.05) is 11.5 Å². The van der Waals surface area contributed by atoms with Crippen molar-refractivity contribution < 1.29 is 19.4 Å². The fourth-order valence-electron chi connectivity index (χ4n) is 1.10. The maximum Gasteiger partial charge on any atom is 0.305 e. The zero-order chi connectivity index (χ0) is 12.8. The Kier molecular flexibility index (Phi) is 11.8. The van der Waals surface area contributed by atoms with Crippen LogP contribution in [0.1, 0.15) is 25.7 Å². The lowest BCUT2D eigenvalue weighted by Gasteiger charge is -2.05. The van der Waals surface area contributed by atoms with Crippen molar-refractivity contribution in [3.05, 3.63) is 10.4 Å². The number of azide groups is 1. The van der Waals surface area contributed by atoms with Gasteiger partial charge in [0, 0.05) is 24.5 Å². The van der Waals surface area contributed by atoms with Crippen molar-refractivity contribution in [3.8, 4) is 0 Å². The molecule has 17 heavy (non-hydrogen) atoms. The number of carbonyl (C=O) groups excluding carboxylic acids is 1. The molecule has 98 valence electrons. The van der Waals surface area contributed by atoms with E-state index in [1.54, 1.807) is 0 Å². The van der Waals surface area contributed by atoms with Crippen LogP contribution >= 0.6 is 0 Å². The summed E-state index contributed by atoms with van der Waals surface area (Å²) in [6.45, 7) is 1.30. The van der Waals surface area contributed by atoms with Crippen molar-refractivity contribution in [2.45, 2.75) is 25.7 Å². The molecule has 0 atom stereocenters. The predicted octanol–water partition coefficient (Wildman–Crippen LogP) is 1.41. The fraction of sp³-hybridized carbons (Fsp3) is 0.900. The van der Waals surface area contributed by atoms with E-state index in [1.807, 2.05) is 0 Å². The van der Waals surface area contributed by atoms with Gasteiger partial charge in [-0.25, -0.2) is 0 Å². The SMILES string of the molecule is [N-]=[N+]=NCCOCCOC(=O)CCCCCO. The molecule has 0 aromatic heterocycles. The topological polar surface area (TPSA) is 105 Å². The molecule has 0 spiro atoms. The van der Waals surface area contributed by atoms with Crippen LogP contribution in [-0.4, -0.2) is 44.0 Å². The normalized spacial score (nSPS) is 9.71. The van der Waals surface area contributed by atoms with Crippen LogP contribution in [0, 0.1) is 0 Å². The molecular formula is C10H19N3O4. The van der Waals surface area contributed by atoms with Gasteiger partial charge in [0.2, 0.25) is 0 Å². The Morgan fingerprint density at radius 2 is 2.06 bits per heavy atom. The quantitative estimate of drug-likeness (QED) is 0.195. The third-order valence-electron chi connectivity index (χ3n) is 1.93. The average Bonchev–Trinajstić information content (AvgIpc) is 2.33. The van der Waals surface area contributed by atoms with Gasteiger partial charge >= 0.3 is 5.97 Å². The van der Waals surface area contributed by atoms with Gasteiger partial charge in [-0.3, -0.25) is 4.79 Å². The molecule has 7 nitrogen and oxygen atoms in total. The summed E-state index contributed by atoms with van der Waals surface area (Å²) in [6.07, 6.45) is 2.65. The minimum atomic E-state index is -0.249. The van der Waals surface area contributed by atoms with Gasteiger partial charge in [0.15, 0.2) is 0 Å². The summed E-state index contributed by atoms with van der Waals surface area (Å²) in [7, 11) is 0. The molecule has 0 aliphatic heterocycles. The van der Waals surface area contributed by atoms with E-state index in [4.69, 9.17) is 20.1 Å². The van der Waals surface area contributed by atoms with E-state index in [9.17, 15) is 4.79 Å². The van der Waals surface area contributed by atoms with Crippen LogP contribution in [0.2, 0.25) is 0 Å². The van der Waals surface area contributed by atoms with E-state index in [0.29, 0.717) is 19.6 Å². The highest BCUT2D eigenvalue weighted by Gasteiger charge is 2.01. The molecule has 0 aromatic rings. The average molecular weight is 245 g/mol. The first-order valence-corrected chi connectivity index (χ1v) is 5.66. The minimum absolute atomic E-state index is 0.161. The third-order valence-corrected chi connectivity index (χ3v) is 1.93. The van der Waals surface area contributed by atoms with Crippen molar-refractivity contribution in [1.29, 1.82) is 0 Å². The van der Waals surface area contributed by atoms with Crippen LogP contribution in [-0.2, 0) is 14.3 Å². The highest BCUT2D eigenvalue weighted by atomic mass is 16.6. The zero-order valence-corrected chi connectivity index (χ0v) is 9.88. The maximum absolute atomic E-state index is 11.1. The molecule has 0 aliphatic rings. The number of esters is 1. The van der Waals surface area contributed by atoms with Gasteiger partial charge in [-0.05, 0) is 18.4 Å². The van der Waals surface area contributed by atoms with E-state index in [2.05, 4.69) is 10.0 Å². The molecule has 0 radical (unpaired) electrons. The Labute approximate surface area is 100 Å². The summed E-state index contributed by atoms with van der Waals surface area (Å²) < 4.78 is 9.95. The van der Waals surface area contributed by atoms with Crippen LogP contribution in [0.15, 0.2) is 5.11 Å². The summed E-state index contributed by atoms with van der Waals surface area (Å²) in [6, 6.07) is 0. The number of hydrogen-bond acceptors (Lipinski definition) is 5. The monoisotopic (exact) mass is 245 g/mol. The molecular weight excluding hydrogens is 226 g/mol. The van der Waals surface area contributed by atoms with Crippen molar-refractivity contribution in [1.82, 2.24) is 0 Å². The van der Waals surface area contributed by atoms with E-state index >= 15 is 0 Å². The molecule has 0 fully saturated rings. The first-order valence-electron chi connectivity index (χ1n) is 5.66. The molecule has 0 amide bonds. The Bertz CT molecular complexity index is 242. The fourth-order valence-corrected chi connectivity index (χ4v) is 1.10. The van der Waals surface area contributed by atoms with Gasteiger partial charge < -0.3 is 14.6 Å². The summed E-state index contributed by atoms with van der Waals surface area (Å²) >= 11 is 0. The highest BCUT2D eigenvalue weighted by Crippen LogP contribution is 2.00. The summed E-state index contributed by atoms with van der Waals surface area (Å²) in [5, 5.41) is 11.8. The van der Waals surface area contributed by atoms with Crippen LogP contribution in [0.4, 0.5) is 0 Å². The standard InChI is InChI=1S/C10H19N3O4/c11-13-12-5-7-16-8-9-17-10(15)4-2-1-3-6-14/h14H,1-9H2. The smallest absolute Gasteiger partial charge is 0.305 e. The van der Waals surface area contributed by atoms with Gasteiger partial charge in [0.05, 0.1) is 13.2 Å². The molecule has 0 aliphatic carbocycles. The van der Waals surface area contributed by atoms with Crippen LogP contribution in [0.3, 0.4) is 0 Å². The Balaban J connectivity index is 3.18. The predicted molar refractivity (Wildman–Crippen MR) is 61.3 cm³/mol. The van der Waals surface area contributed by atoms with Gasteiger partial charge in [0.25, 0.3) is 0 Å². The van der Waals surface area contributed by atoms with Crippen LogP contribution in [0.5, 0.6) is 0 Å². The van der Waals surface area contributed by atoms with Crippen molar-refractivity contribution in [2.75, 3.05) is 33.0 Å². The first kappa shape index (κ1) is 15.7. The van der Waals surface area contributed by atoms with Gasteiger partial charge in [-0.15, -0.1) is 0 Å². The molecule has 0 aromatic carbocycles. The first-order chi connectivity index (χ1) is 8.31. The lowest BCUT2D eigenvalue weighted by molar-refractivity contribution is -0.145. The number of nitrogens with zero attached hydrogens (tertiary/aromatic N) is 3. The zero-order valence-electron chi connectivity index (χ0n) is 9.88. The number of aliphatic hydroxyl groups excluding tert-OH is 1. The Morgan fingerprint density at radius 1 is 1.24 bits per heavy atom. The van der Waals surface area contributed by atoms with Gasteiger partial charge in [-0.2, -0.15) is 0 Å². The number of hydrogen-bond donors (Lipinski definition) is 1. The largest absolute Gasteiger partial charge is 0.463 e. The van der Waals surface area contributed by atoms with Crippen LogP contribution in [0.25, 0.3) is 10.4 Å². The molecule has 0 unspecified atom stereocenters. The minimum Gasteiger partial charge on any atom is -0.463 e. The number of ether oxygens (including phenoxy) is 2. The highest BCUT2D eigenvalue weighted by molar-refractivity contribution is 5.69. The lowest BCUT2D eigenvalue weighted by atomic mass is 10.2. The Hall–Kier alpha value is -1.30. The molecule has 7 heteroatoms. The molecule has 0 heterocycles. The van der Waals surface area contributed by atoms with E-state index in [-0.39, 0.29) is 25.7 Å². The second-order valence-electron chi connectivity index (χ2n) is 3.32. The molecule has 1 N–H and O–H groups in total. The second-order valence-corrected chi connectivity index (χ2v) is 3.32. The molecule has 0 saturated heterocycles. The van der Waals surface area contributed by atoms with Crippen LogP contribution < -0.4 is 0 Å². The maximum atomic E-state index is 11.1. The van der Waals surface area contributed by atoms with Crippen molar-refractivity contribution in [3.63, 3.8) is 0 Å². The molecule has 0 bridgehead atoms. The van der Waals surface area contributed by atoms with Gasteiger partial charge in [0.1, 0.15) is 6.61 Å². The number of aliphatic hydroxyl groups is 1. The number of carbonyl (C=O) groups is 1. The number of unbranched alkanes of at least 4 members (excludes halogenated alkanes) is 2. The Morgan fingerprint density at radius 3 is 2.76 bits per heavy atom. The molecule has 0 rings (SSSR count). The summed E-state index contributed by atoms with van der Waals surface area (Å²) in [5.74, 6) is -0.249. The molecule has 0 saturated carbocycles. The van der Waals surface area contributed by atoms with Crippen molar-refractivity contribution >= 4 is 5.97 Å².